The number of rotatable bonds is 2. The van der Waals surface area contributed by atoms with Gasteiger partial charge in [0, 0.05) is 5.56 Å². The van der Waals surface area contributed by atoms with Crippen LogP contribution < -0.4 is 5.32 Å². The van der Waals surface area contributed by atoms with Gasteiger partial charge in [-0.3, -0.25) is 15.2 Å². The molecule has 0 radical (unpaired) electrons. The van der Waals surface area contributed by atoms with Gasteiger partial charge in [0.15, 0.2) is 6.19 Å². The highest BCUT2D eigenvalue weighted by Gasteiger charge is 2.09. The van der Waals surface area contributed by atoms with Crippen LogP contribution in [0.5, 0.6) is 0 Å². The van der Waals surface area contributed by atoms with Gasteiger partial charge in [0.05, 0.1) is 5.69 Å². The Morgan fingerprint density at radius 3 is 2.81 bits per heavy atom. The minimum Gasteiger partial charge on any atom is -0.272 e. The van der Waals surface area contributed by atoms with Crippen LogP contribution in [-0.4, -0.2) is 16.1 Å². The number of nitrogens with one attached hydrogen (secondary N) is 2. The van der Waals surface area contributed by atoms with Crippen molar-refractivity contribution in [2.24, 2.45) is 0 Å². The summed E-state index contributed by atoms with van der Waals surface area (Å²) in [5.41, 5.74) is 1.85. The second-order valence-electron chi connectivity index (χ2n) is 3.10. The molecule has 0 saturated heterocycles. The molecule has 78 valence electrons. The van der Waals surface area contributed by atoms with Gasteiger partial charge in [-0.1, -0.05) is 30.3 Å². The summed E-state index contributed by atoms with van der Waals surface area (Å²) in [7, 11) is 0. The Balaban J connectivity index is 2.27. The number of carbonyl (C=O) groups is 1. The quantitative estimate of drug-likeness (QED) is 0.581. The minimum absolute atomic E-state index is 0.264. The molecule has 1 amide bonds. The highest BCUT2D eigenvalue weighted by atomic mass is 16.1. The monoisotopic (exact) mass is 212 g/mol. The number of aromatic nitrogens is 2. The Bertz CT molecular complexity index is 539. The molecule has 0 aliphatic carbocycles. The average Bonchev–Trinajstić information content (AvgIpc) is 2.80. The van der Waals surface area contributed by atoms with Gasteiger partial charge in [-0.2, -0.15) is 10.4 Å². The second-order valence-corrected chi connectivity index (χ2v) is 3.10. The van der Waals surface area contributed by atoms with Crippen molar-refractivity contribution < 1.29 is 4.79 Å². The third-order valence-corrected chi connectivity index (χ3v) is 2.06. The number of H-pyrrole nitrogens is 1. The maximum Gasteiger partial charge on any atom is 0.282 e. The van der Waals surface area contributed by atoms with E-state index in [0.29, 0.717) is 5.69 Å². The SMILES string of the molecule is N#CNC(=O)c1cc(-c2ccccc2)n[nH]1. The van der Waals surface area contributed by atoms with Crippen molar-refractivity contribution in [2.45, 2.75) is 0 Å². The van der Waals surface area contributed by atoms with Gasteiger partial charge in [0.1, 0.15) is 5.69 Å². The maximum absolute atomic E-state index is 11.3. The van der Waals surface area contributed by atoms with Crippen molar-refractivity contribution in [3.05, 3.63) is 42.1 Å². The third-order valence-electron chi connectivity index (χ3n) is 2.06. The van der Waals surface area contributed by atoms with Crippen LogP contribution in [-0.2, 0) is 0 Å². The smallest absolute Gasteiger partial charge is 0.272 e. The average molecular weight is 212 g/mol. The van der Waals surface area contributed by atoms with E-state index >= 15 is 0 Å². The van der Waals surface area contributed by atoms with Crippen molar-refractivity contribution in [3.63, 3.8) is 0 Å². The standard InChI is InChI=1S/C11H8N4O/c12-7-13-11(16)10-6-9(14-15-10)8-4-2-1-3-5-8/h1-6H,(H,13,16)(H,14,15). The summed E-state index contributed by atoms with van der Waals surface area (Å²) in [4.78, 5) is 11.3. The fourth-order valence-electron chi connectivity index (χ4n) is 1.31. The first-order chi connectivity index (χ1) is 7.81. The Labute approximate surface area is 91.7 Å². The number of hydrogen-bond acceptors (Lipinski definition) is 3. The Kier molecular flexibility index (Phi) is 2.65. The van der Waals surface area contributed by atoms with E-state index < -0.39 is 5.91 Å². The number of aromatic amines is 1. The van der Waals surface area contributed by atoms with Crippen molar-refractivity contribution in [2.75, 3.05) is 0 Å². The molecule has 2 aromatic rings. The van der Waals surface area contributed by atoms with Crippen LogP contribution in [0, 0.1) is 11.5 Å². The van der Waals surface area contributed by atoms with E-state index in [0.717, 1.165) is 5.56 Å². The molecule has 0 aliphatic rings. The lowest BCUT2D eigenvalue weighted by atomic mass is 10.1. The van der Waals surface area contributed by atoms with Crippen LogP contribution in [0.2, 0.25) is 0 Å². The molecule has 5 heteroatoms. The van der Waals surface area contributed by atoms with Crippen molar-refractivity contribution in [1.29, 1.82) is 5.26 Å². The van der Waals surface area contributed by atoms with Crippen LogP contribution >= 0.6 is 0 Å². The summed E-state index contributed by atoms with van der Waals surface area (Å²) in [6.07, 6.45) is 1.57. The first-order valence-electron chi connectivity index (χ1n) is 4.61. The van der Waals surface area contributed by atoms with E-state index in [2.05, 4.69) is 10.2 Å². The van der Waals surface area contributed by atoms with Gasteiger partial charge in [-0.25, -0.2) is 0 Å². The summed E-state index contributed by atoms with van der Waals surface area (Å²) >= 11 is 0. The zero-order chi connectivity index (χ0) is 11.4. The van der Waals surface area contributed by atoms with E-state index in [1.54, 1.807) is 12.3 Å². The van der Waals surface area contributed by atoms with Crippen molar-refractivity contribution >= 4 is 5.91 Å². The fraction of sp³-hybridized carbons (Fsp3) is 0. The Hall–Kier alpha value is -2.61. The first-order valence-corrected chi connectivity index (χ1v) is 4.61. The normalized spacial score (nSPS) is 9.44. The predicted molar refractivity (Wildman–Crippen MR) is 57.1 cm³/mol. The van der Waals surface area contributed by atoms with Crippen LogP contribution in [0.1, 0.15) is 10.5 Å². The zero-order valence-electron chi connectivity index (χ0n) is 8.27. The molecule has 1 aromatic carbocycles. The van der Waals surface area contributed by atoms with Crippen LogP contribution in [0.25, 0.3) is 11.3 Å². The Morgan fingerprint density at radius 2 is 2.12 bits per heavy atom. The number of benzene rings is 1. The molecule has 1 heterocycles. The highest BCUT2D eigenvalue weighted by Crippen LogP contribution is 2.16. The molecule has 2 N–H and O–H groups in total. The Morgan fingerprint density at radius 1 is 1.38 bits per heavy atom. The lowest BCUT2D eigenvalue weighted by molar-refractivity contribution is 0.0968. The summed E-state index contributed by atoms with van der Waals surface area (Å²) in [5.74, 6) is -0.489. The van der Waals surface area contributed by atoms with Gasteiger partial charge in [-0.15, -0.1) is 0 Å². The third kappa shape index (κ3) is 1.91. The van der Waals surface area contributed by atoms with Gasteiger partial charge >= 0.3 is 0 Å². The van der Waals surface area contributed by atoms with Crippen LogP contribution in [0.3, 0.4) is 0 Å². The molecule has 5 nitrogen and oxygen atoms in total. The first kappa shape index (κ1) is 9.93. The molecule has 2 rings (SSSR count). The topological polar surface area (TPSA) is 81.6 Å². The summed E-state index contributed by atoms with van der Waals surface area (Å²) < 4.78 is 0. The molecule has 1 aromatic heterocycles. The number of nitriles is 1. The van der Waals surface area contributed by atoms with Crippen molar-refractivity contribution in [1.82, 2.24) is 15.5 Å². The molecule has 0 fully saturated rings. The van der Waals surface area contributed by atoms with Crippen LogP contribution in [0.15, 0.2) is 36.4 Å². The maximum atomic E-state index is 11.3. The lowest BCUT2D eigenvalue weighted by Crippen LogP contribution is -2.17. The molecule has 0 aliphatic heterocycles. The molecule has 0 spiro atoms. The predicted octanol–water partition coefficient (Wildman–Crippen LogP) is 1.29. The second kappa shape index (κ2) is 4.28. The molecule has 0 bridgehead atoms. The highest BCUT2D eigenvalue weighted by molar-refractivity contribution is 5.94. The lowest BCUT2D eigenvalue weighted by Gasteiger charge is -1.92. The molecular weight excluding hydrogens is 204 g/mol. The summed E-state index contributed by atoms with van der Waals surface area (Å²) in [5, 5.41) is 16.9. The molecular formula is C11H8N4O. The van der Waals surface area contributed by atoms with E-state index in [1.807, 2.05) is 35.6 Å². The van der Waals surface area contributed by atoms with Gasteiger partial charge < -0.3 is 0 Å². The summed E-state index contributed by atoms with van der Waals surface area (Å²) in [6, 6.07) is 11.1. The number of hydrogen-bond donors (Lipinski definition) is 2. The molecule has 0 saturated carbocycles. The van der Waals surface area contributed by atoms with E-state index in [1.165, 1.54) is 0 Å². The number of carbonyl (C=O) groups excluding carboxylic acids is 1. The van der Waals surface area contributed by atoms with Gasteiger partial charge in [0.2, 0.25) is 0 Å². The van der Waals surface area contributed by atoms with E-state index in [-0.39, 0.29) is 5.69 Å². The number of amides is 1. The van der Waals surface area contributed by atoms with Crippen LogP contribution in [0.4, 0.5) is 0 Å². The molecule has 16 heavy (non-hydrogen) atoms. The fourth-order valence-corrected chi connectivity index (χ4v) is 1.31. The molecule has 0 atom stereocenters. The summed E-state index contributed by atoms with van der Waals surface area (Å²) in [6.45, 7) is 0. The largest absolute Gasteiger partial charge is 0.282 e. The minimum atomic E-state index is -0.489. The van der Waals surface area contributed by atoms with Crippen molar-refractivity contribution in [3.8, 4) is 17.5 Å². The molecule has 0 unspecified atom stereocenters. The zero-order valence-corrected chi connectivity index (χ0v) is 8.27. The van der Waals surface area contributed by atoms with Gasteiger partial charge in [-0.05, 0) is 6.07 Å². The van der Waals surface area contributed by atoms with E-state index in [4.69, 9.17) is 5.26 Å². The number of nitrogens with zero attached hydrogens (tertiary/aromatic N) is 2. The van der Waals surface area contributed by atoms with Gasteiger partial charge in [0.25, 0.3) is 5.91 Å². The van der Waals surface area contributed by atoms with E-state index in [9.17, 15) is 4.79 Å².